The second-order valence-corrected chi connectivity index (χ2v) is 4.66. The fraction of sp³-hybridized carbons (Fsp3) is 0.250. The summed E-state index contributed by atoms with van der Waals surface area (Å²) >= 11 is 1.53. The van der Waals surface area contributed by atoms with E-state index in [1.54, 1.807) is 12.3 Å². The molecule has 0 unspecified atom stereocenters. The molecule has 0 bridgehead atoms. The van der Waals surface area contributed by atoms with Crippen molar-refractivity contribution in [3.8, 4) is 0 Å². The van der Waals surface area contributed by atoms with E-state index in [2.05, 4.69) is 10.3 Å². The predicted molar refractivity (Wildman–Crippen MR) is 65.8 cm³/mol. The van der Waals surface area contributed by atoms with Gasteiger partial charge in [-0.2, -0.15) is 13.2 Å². The first kappa shape index (κ1) is 12.9. The van der Waals surface area contributed by atoms with E-state index >= 15 is 0 Å². The fourth-order valence-corrected chi connectivity index (χ4v) is 2.12. The normalized spacial score (nSPS) is 11.5. The van der Waals surface area contributed by atoms with Crippen molar-refractivity contribution >= 4 is 17.0 Å². The molecule has 0 radical (unpaired) electrons. The van der Waals surface area contributed by atoms with Gasteiger partial charge in [-0.25, -0.2) is 4.98 Å². The number of benzene rings is 1. The summed E-state index contributed by atoms with van der Waals surface area (Å²) in [7, 11) is 0. The molecule has 1 aromatic carbocycles. The van der Waals surface area contributed by atoms with Crippen LogP contribution >= 0.6 is 11.3 Å². The molecule has 0 saturated carbocycles. The van der Waals surface area contributed by atoms with Crippen molar-refractivity contribution in [1.82, 2.24) is 4.98 Å². The highest BCUT2D eigenvalue weighted by Crippen LogP contribution is 2.30. The third-order valence-electron chi connectivity index (χ3n) is 2.34. The van der Waals surface area contributed by atoms with Crippen LogP contribution in [0.3, 0.4) is 0 Å². The van der Waals surface area contributed by atoms with Gasteiger partial charge in [0.2, 0.25) is 0 Å². The minimum Gasteiger partial charge on any atom is -0.385 e. The second-order valence-electron chi connectivity index (χ2n) is 3.68. The maximum atomic E-state index is 12.5. The molecular formula is C12H11F3N2S. The van der Waals surface area contributed by atoms with E-state index in [0.29, 0.717) is 18.7 Å². The lowest BCUT2D eigenvalue weighted by molar-refractivity contribution is -0.137. The smallest absolute Gasteiger partial charge is 0.385 e. The van der Waals surface area contributed by atoms with Crippen molar-refractivity contribution in [3.05, 3.63) is 46.4 Å². The molecule has 2 aromatic rings. The highest BCUT2D eigenvalue weighted by atomic mass is 32.1. The van der Waals surface area contributed by atoms with Crippen LogP contribution in [0, 0.1) is 0 Å². The zero-order valence-electron chi connectivity index (χ0n) is 9.37. The quantitative estimate of drug-likeness (QED) is 0.915. The molecule has 0 aliphatic carbocycles. The first-order valence-electron chi connectivity index (χ1n) is 5.35. The van der Waals surface area contributed by atoms with Crippen molar-refractivity contribution in [2.45, 2.75) is 12.6 Å². The lowest BCUT2D eigenvalue weighted by Crippen LogP contribution is -2.08. The van der Waals surface area contributed by atoms with Gasteiger partial charge < -0.3 is 5.32 Å². The fourth-order valence-electron chi connectivity index (χ4n) is 1.50. The van der Waals surface area contributed by atoms with E-state index in [1.165, 1.54) is 17.4 Å². The molecule has 1 N–H and O–H groups in total. The molecule has 0 spiro atoms. The molecule has 1 aromatic heterocycles. The molecule has 18 heavy (non-hydrogen) atoms. The zero-order chi connectivity index (χ0) is 13.0. The van der Waals surface area contributed by atoms with Gasteiger partial charge in [0, 0.05) is 30.2 Å². The van der Waals surface area contributed by atoms with E-state index < -0.39 is 11.7 Å². The number of thiazole rings is 1. The number of aromatic nitrogens is 1. The number of alkyl halides is 3. The molecular weight excluding hydrogens is 261 g/mol. The molecule has 96 valence electrons. The molecule has 6 heteroatoms. The van der Waals surface area contributed by atoms with Crippen LogP contribution in [-0.4, -0.2) is 11.5 Å². The van der Waals surface area contributed by atoms with Crippen LogP contribution in [0.2, 0.25) is 0 Å². The van der Waals surface area contributed by atoms with E-state index in [-0.39, 0.29) is 0 Å². The summed E-state index contributed by atoms with van der Waals surface area (Å²) < 4.78 is 37.4. The third kappa shape index (κ3) is 3.46. The molecule has 0 amide bonds. The number of hydrogen-bond acceptors (Lipinski definition) is 3. The second kappa shape index (κ2) is 5.39. The average molecular weight is 272 g/mol. The summed E-state index contributed by atoms with van der Waals surface area (Å²) in [5, 5.41) is 5.80. The van der Waals surface area contributed by atoms with Gasteiger partial charge >= 0.3 is 6.18 Å². The summed E-state index contributed by atoms with van der Waals surface area (Å²) in [6, 6.07) is 5.19. The standard InChI is InChI=1S/C12H11F3N2S/c13-12(14,15)9-2-1-3-10(8-9)16-5-4-11-17-6-7-18-11/h1-3,6-8,16H,4-5H2. The first-order valence-corrected chi connectivity index (χ1v) is 6.23. The molecule has 0 fully saturated rings. The van der Waals surface area contributed by atoms with Crippen LogP contribution in [0.4, 0.5) is 18.9 Å². The highest BCUT2D eigenvalue weighted by Gasteiger charge is 2.30. The largest absolute Gasteiger partial charge is 0.416 e. The van der Waals surface area contributed by atoms with Crippen LogP contribution < -0.4 is 5.32 Å². The Balaban J connectivity index is 1.93. The van der Waals surface area contributed by atoms with Gasteiger partial charge in [0.1, 0.15) is 0 Å². The topological polar surface area (TPSA) is 24.9 Å². The van der Waals surface area contributed by atoms with E-state index in [0.717, 1.165) is 17.1 Å². The van der Waals surface area contributed by atoms with Gasteiger partial charge in [0.15, 0.2) is 0 Å². The monoisotopic (exact) mass is 272 g/mol. The minimum absolute atomic E-state index is 0.474. The molecule has 0 aliphatic heterocycles. The highest BCUT2D eigenvalue weighted by molar-refractivity contribution is 7.09. The Morgan fingerprint density at radius 3 is 2.78 bits per heavy atom. The van der Waals surface area contributed by atoms with Gasteiger partial charge in [-0.05, 0) is 18.2 Å². The first-order chi connectivity index (χ1) is 8.55. The van der Waals surface area contributed by atoms with Gasteiger partial charge in [0.25, 0.3) is 0 Å². The lowest BCUT2D eigenvalue weighted by atomic mass is 10.2. The Labute approximate surface area is 106 Å². The average Bonchev–Trinajstić information content (AvgIpc) is 2.81. The number of nitrogens with one attached hydrogen (secondary N) is 1. The maximum Gasteiger partial charge on any atom is 0.416 e. The molecule has 2 rings (SSSR count). The summed E-state index contributed by atoms with van der Waals surface area (Å²) in [5.41, 5.74) is -0.164. The Hall–Kier alpha value is -1.56. The van der Waals surface area contributed by atoms with Crippen LogP contribution in [0.1, 0.15) is 10.6 Å². The maximum absolute atomic E-state index is 12.5. The van der Waals surface area contributed by atoms with Crippen molar-refractivity contribution in [2.24, 2.45) is 0 Å². The SMILES string of the molecule is FC(F)(F)c1cccc(NCCc2nccs2)c1. The van der Waals surface area contributed by atoms with Crippen LogP contribution in [0.5, 0.6) is 0 Å². The molecule has 0 saturated heterocycles. The number of hydrogen-bond donors (Lipinski definition) is 1. The Morgan fingerprint density at radius 2 is 2.11 bits per heavy atom. The predicted octanol–water partition coefficient (Wildman–Crippen LogP) is 3.82. The van der Waals surface area contributed by atoms with Gasteiger partial charge in [-0.15, -0.1) is 11.3 Å². The van der Waals surface area contributed by atoms with E-state index in [4.69, 9.17) is 0 Å². The summed E-state index contributed by atoms with van der Waals surface area (Å²) in [6.07, 6.45) is -1.88. The Bertz CT molecular complexity index is 494. The van der Waals surface area contributed by atoms with E-state index in [1.807, 2.05) is 5.38 Å². The molecule has 2 nitrogen and oxygen atoms in total. The van der Waals surface area contributed by atoms with Crippen molar-refractivity contribution in [3.63, 3.8) is 0 Å². The minimum atomic E-state index is -4.30. The Kier molecular flexibility index (Phi) is 3.86. The molecule has 0 atom stereocenters. The Morgan fingerprint density at radius 1 is 1.28 bits per heavy atom. The van der Waals surface area contributed by atoms with Gasteiger partial charge in [-0.1, -0.05) is 6.07 Å². The molecule has 0 aliphatic rings. The van der Waals surface area contributed by atoms with Crippen molar-refractivity contribution in [1.29, 1.82) is 0 Å². The van der Waals surface area contributed by atoms with Crippen LogP contribution in [-0.2, 0) is 12.6 Å². The number of halogens is 3. The number of rotatable bonds is 4. The zero-order valence-corrected chi connectivity index (χ0v) is 10.2. The van der Waals surface area contributed by atoms with E-state index in [9.17, 15) is 13.2 Å². The number of nitrogens with zero attached hydrogens (tertiary/aromatic N) is 1. The van der Waals surface area contributed by atoms with Crippen LogP contribution in [0.15, 0.2) is 35.8 Å². The third-order valence-corrected chi connectivity index (χ3v) is 3.18. The van der Waals surface area contributed by atoms with Gasteiger partial charge in [0.05, 0.1) is 10.6 Å². The van der Waals surface area contributed by atoms with Gasteiger partial charge in [-0.3, -0.25) is 0 Å². The summed E-state index contributed by atoms with van der Waals surface area (Å²) in [5.74, 6) is 0. The van der Waals surface area contributed by atoms with Crippen LogP contribution in [0.25, 0.3) is 0 Å². The van der Waals surface area contributed by atoms with Crippen molar-refractivity contribution in [2.75, 3.05) is 11.9 Å². The number of anilines is 1. The summed E-state index contributed by atoms with van der Waals surface area (Å²) in [4.78, 5) is 4.10. The molecule has 1 heterocycles. The lowest BCUT2D eigenvalue weighted by Gasteiger charge is -2.10. The summed E-state index contributed by atoms with van der Waals surface area (Å²) in [6.45, 7) is 0.564. The van der Waals surface area contributed by atoms with Crippen molar-refractivity contribution < 1.29 is 13.2 Å².